The highest BCUT2D eigenvalue weighted by atomic mass is 32.2. The van der Waals surface area contributed by atoms with Crippen molar-refractivity contribution in [3.8, 4) is 0 Å². The lowest BCUT2D eigenvalue weighted by Gasteiger charge is -2.40. The molecule has 0 radical (unpaired) electrons. The number of nitrogens with zero attached hydrogens (tertiary/aromatic N) is 2. The van der Waals surface area contributed by atoms with Gasteiger partial charge in [-0.1, -0.05) is 6.07 Å². The summed E-state index contributed by atoms with van der Waals surface area (Å²) in [6.45, 7) is 11.9. The van der Waals surface area contributed by atoms with Crippen LogP contribution in [0.15, 0.2) is 24.5 Å². The van der Waals surface area contributed by atoms with Crippen molar-refractivity contribution in [3.63, 3.8) is 0 Å². The highest BCUT2D eigenvalue weighted by Gasteiger charge is 2.39. The van der Waals surface area contributed by atoms with Gasteiger partial charge in [0.2, 0.25) is 5.91 Å². The van der Waals surface area contributed by atoms with Gasteiger partial charge in [0.25, 0.3) is 0 Å². The largest absolute Gasteiger partial charge is 0.444 e. The Balaban J connectivity index is 2.07. The van der Waals surface area contributed by atoms with Gasteiger partial charge in [0.1, 0.15) is 11.6 Å². The number of hydrogen-bond donors (Lipinski definition) is 1. The molecule has 1 aliphatic rings. The van der Waals surface area contributed by atoms with E-state index in [1.165, 1.54) is 0 Å². The van der Waals surface area contributed by atoms with Crippen molar-refractivity contribution < 1.29 is 14.3 Å². The SMILES string of the molecule is CC(C)(C)NC(=O)[C@@H]1C[C@H](SCc2cccnc2)CCN1C(=O)OC(C)(C)C. The number of ether oxygens (including phenoxy) is 1. The van der Waals surface area contributed by atoms with Gasteiger partial charge in [-0.2, -0.15) is 11.8 Å². The molecular formula is C21H33N3O3S. The Morgan fingerprint density at radius 3 is 2.57 bits per heavy atom. The third-order valence-electron chi connectivity index (χ3n) is 4.19. The fourth-order valence-corrected chi connectivity index (χ4v) is 4.21. The molecule has 28 heavy (non-hydrogen) atoms. The molecule has 1 N–H and O–H groups in total. The Labute approximate surface area is 172 Å². The fourth-order valence-electron chi connectivity index (χ4n) is 3.02. The number of piperidine rings is 1. The molecule has 0 spiro atoms. The first-order valence-corrected chi connectivity index (χ1v) is 10.8. The van der Waals surface area contributed by atoms with E-state index >= 15 is 0 Å². The smallest absolute Gasteiger partial charge is 0.410 e. The Kier molecular flexibility index (Phi) is 7.37. The first-order valence-electron chi connectivity index (χ1n) is 9.77. The molecule has 1 saturated heterocycles. The Morgan fingerprint density at radius 1 is 1.29 bits per heavy atom. The predicted molar refractivity (Wildman–Crippen MR) is 113 cm³/mol. The van der Waals surface area contributed by atoms with Crippen LogP contribution in [-0.4, -0.2) is 50.9 Å². The van der Waals surface area contributed by atoms with Gasteiger partial charge in [0.05, 0.1) is 0 Å². The second kappa shape index (κ2) is 9.16. The van der Waals surface area contributed by atoms with E-state index in [2.05, 4.69) is 16.4 Å². The maximum Gasteiger partial charge on any atom is 0.410 e. The van der Waals surface area contributed by atoms with Gasteiger partial charge in [-0.3, -0.25) is 14.7 Å². The quantitative estimate of drug-likeness (QED) is 0.817. The van der Waals surface area contributed by atoms with Crippen LogP contribution in [0.1, 0.15) is 59.9 Å². The van der Waals surface area contributed by atoms with Crippen molar-refractivity contribution in [2.75, 3.05) is 6.54 Å². The van der Waals surface area contributed by atoms with Crippen LogP contribution in [0, 0.1) is 0 Å². The van der Waals surface area contributed by atoms with Crippen molar-refractivity contribution in [1.82, 2.24) is 15.2 Å². The Hall–Kier alpha value is -1.76. The summed E-state index contributed by atoms with van der Waals surface area (Å²) < 4.78 is 5.54. The first-order chi connectivity index (χ1) is 12.9. The average Bonchev–Trinajstić information content (AvgIpc) is 2.57. The second-order valence-corrected chi connectivity index (χ2v) is 10.5. The van der Waals surface area contributed by atoms with Crippen molar-refractivity contribution in [2.24, 2.45) is 0 Å². The van der Waals surface area contributed by atoms with Crippen LogP contribution in [0.3, 0.4) is 0 Å². The number of thioether (sulfide) groups is 1. The topological polar surface area (TPSA) is 71.5 Å². The molecule has 2 amide bonds. The number of amides is 2. The third kappa shape index (κ3) is 7.34. The van der Waals surface area contributed by atoms with Crippen LogP contribution in [-0.2, 0) is 15.3 Å². The minimum absolute atomic E-state index is 0.120. The number of hydrogen-bond acceptors (Lipinski definition) is 5. The van der Waals surface area contributed by atoms with Gasteiger partial charge >= 0.3 is 6.09 Å². The number of carbonyl (C=O) groups is 2. The van der Waals surface area contributed by atoms with Crippen LogP contribution in [0.25, 0.3) is 0 Å². The van der Waals surface area contributed by atoms with E-state index in [9.17, 15) is 9.59 Å². The zero-order valence-corrected chi connectivity index (χ0v) is 18.6. The normalized spacial score (nSPS) is 20.6. The van der Waals surface area contributed by atoms with Crippen molar-refractivity contribution in [1.29, 1.82) is 0 Å². The molecule has 1 aromatic heterocycles. The van der Waals surface area contributed by atoms with Gasteiger partial charge < -0.3 is 10.1 Å². The molecule has 2 heterocycles. The summed E-state index contributed by atoms with van der Waals surface area (Å²) in [5.74, 6) is 0.725. The molecule has 1 aromatic rings. The van der Waals surface area contributed by atoms with Crippen LogP contribution >= 0.6 is 11.8 Å². The van der Waals surface area contributed by atoms with Crippen LogP contribution < -0.4 is 5.32 Å². The average molecular weight is 408 g/mol. The van der Waals surface area contributed by atoms with E-state index in [1.807, 2.05) is 65.6 Å². The molecule has 0 aliphatic carbocycles. The predicted octanol–water partition coefficient (Wildman–Crippen LogP) is 4.00. The Bertz CT molecular complexity index is 668. The maximum atomic E-state index is 12.9. The number of nitrogens with one attached hydrogen (secondary N) is 1. The lowest BCUT2D eigenvalue weighted by molar-refractivity contribution is -0.129. The number of rotatable bonds is 4. The highest BCUT2D eigenvalue weighted by molar-refractivity contribution is 7.99. The Morgan fingerprint density at radius 2 is 2.00 bits per heavy atom. The van der Waals surface area contributed by atoms with Crippen molar-refractivity contribution in [2.45, 2.75) is 82.6 Å². The van der Waals surface area contributed by atoms with Crippen LogP contribution in [0.2, 0.25) is 0 Å². The molecule has 6 nitrogen and oxygen atoms in total. The summed E-state index contributed by atoms with van der Waals surface area (Å²) >= 11 is 1.82. The van der Waals surface area contributed by atoms with E-state index in [4.69, 9.17) is 4.74 Å². The van der Waals surface area contributed by atoms with E-state index in [-0.39, 0.29) is 11.4 Å². The van der Waals surface area contributed by atoms with Gasteiger partial charge in [-0.05, 0) is 66.0 Å². The van der Waals surface area contributed by atoms with E-state index in [0.717, 1.165) is 17.7 Å². The number of pyridine rings is 1. The fraction of sp³-hybridized carbons (Fsp3) is 0.667. The minimum atomic E-state index is -0.589. The monoisotopic (exact) mass is 407 g/mol. The number of aromatic nitrogens is 1. The van der Waals surface area contributed by atoms with Crippen LogP contribution in [0.5, 0.6) is 0 Å². The molecule has 2 rings (SSSR count). The molecule has 0 bridgehead atoms. The second-order valence-electron chi connectivity index (χ2n) is 9.25. The lowest BCUT2D eigenvalue weighted by Crippen LogP contribution is -2.57. The van der Waals surface area contributed by atoms with Crippen molar-refractivity contribution >= 4 is 23.8 Å². The summed E-state index contributed by atoms with van der Waals surface area (Å²) in [6, 6.07) is 3.47. The zero-order chi connectivity index (χ0) is 20.9. The van der Waals surface area contributed by atoms with E-state index in [1.54, 1.807) is 11.1 Å². The van der Waals surface area contributed by atoms with Gasteiger partial charge in [0.15, 0.2) is 0 Å². The molecule has 156 valence electrons. The molecular weight excluding hydrogens is 374 g/mol. The molecule has 1 fully saturated rings. The standard InChI is InChI=1S/C21H33N3O3S/c1-20(2,3)23-18(25)17-12-16(28-14-15-8-7-10-22-13-15)9-11-24(17)19(26)27-21(4,5)6/h7-8,10,13,16-17H,9,11-12,14H2,1-6H3,(H,23,25)/t16-,17+/m1/s1. The highest BCUT2D eigenvalue weighted by Crippen LogP contribution is 2.31. The van der Waals surface area contributed by atoms with Crippen molar-refractivity contribution in [3.05, 3.63) is 30.1 Å². The molecule has 0 saturated carbocycles. The lowest BCUT2D eigenvalue weighted by atomic mass is 9.99. The minimum Gasteiger partial charge on any atom is -0.444 e. The molecule has 0 unspecified atom stereocenters. The zero-order valence-electron chi connectivity index (χ0n) is 17.8. The summed E-state index contributed by atoms with van der Waals surface area (Å²) in [5, 5.41) is 3.32. The van der Waals surface area contributed by atoms with E-state index < -0.39 is 17.7 Å². The van der Waals surface area contributed by atoms with Crippen LogP contribution in [0.4, 0.5) is 4.79 Å². The molecule has 7 heteroatoms. The molecule has 2 atom stereocenters. The maximum absolute atomic E-state index is 12.9. The number of carbonyl (C=O) groups excluding carboxylic acids is 2. The van der Waals surface area contributed by atoms with Gasteiger partial charge in [0, 0.05) is 35.5 Å². The summed E-state index contributed by atoms with van der Waals surface area (Å²) in [5.41, 5.74) is 0.221. The molecule has 0 aromatic carbocycles. The van der Waals surface area contributed by atoms with Gasteiger partial charge in [-0.25, -0.2) is 4.79 Å². The first kappa shape index (κ1) is 22.5. The summed E-state index contributed by atoms with van der Waals surface area (Å²) in [6.07, 6.45) is 4.67. The van der Waals surface area contributed by atoms with Gasteiger partial charge in [-0.15, -0.1) is 0 Å². The van der Waals surface area contributed by atoms with E-state index in [0.29, 0.717) is 18.2 Å². The third-order valence-corrected chi connectivity index (χ3v) is 5.59. The summed E-state index contributed by atoms with van der Waals surface area (Å²) in [4.78, 5) is 31.4. The summed E-state index contributed by atoms with van der Waals surface area (Å²) in [7, 11) is 0. The molecule has 1 aliphatic heterocycles. The number of likely N-dealkylation sites (tertiary alicyclic amines) is 1.